The van der Waals surface area contributed by atoms with Gasteiger partial charge in [-0.2, -0.15) is 0 Å². The molecule has 1 atom stereocenters. The number of anilines is 1. The van der Waals surface area contributed by atoms with Gasteiger partial charge in [0, 0.05) is 5.69 Å². The summed E-state index contributed by atoms with van der Waals surface area (Å²) in [6, 6.07) is 11.8. The van der Waals surface area contributed by atoms with Gasteiger partial charge in [-0.05, 0) is 49.1 Å². The van der Waals surface area contributed by atoms with E-state index in [0.29, 0.717) is 18.5 Å². The lowest BCUT2D eigenvalue weighted by molar-refractivity contribution is -0.142. The van der Waals surface area contributed by atoms with Crippen LogP contribution in [0.15, 0.2) is 42.5 Å². The van der Waals surface area contributed by atoms with Gasteiger partial charge in [0.15, 0.2) is 5.54 Å². The van der Waals surface area contributed by atoms with Gasteiger partial charge in [-0.15, -0.1) is 0 Å². The lowest BCUT2D eigenvalue weighted by Gasteiger charge is -2.28. The number of carboxylic acid groups (broad SMARTS) is 1. The maximum atomic E-state index is 13.3. The van der Waals surface area contributed by atoms with Crippen LogP contribution in [0.2, 0.25) is 0 Å². The summed E-state index contributed by atoms with van der Waals surface area (Å²) in [7, 11) is 0. The van der Waals surface area contributed by atoms with E-state index in [1.165, 1.54) is 12.1 Å². The van der Waals surface area contributed by atoms with Crippen LogP contribution in [0.1, 0.15) is 23.1 Å². The standard InChI is InChI=1S/C17H16FNO2/c1-11-5-6-12-7-8-17(16(20)21,15(12)9-11)19-14-4-2-3-13(18)10-14/h2-6,9-10,19H,7-8H2,1H3,(H,20,21). The highest BCUT2D eigenvalue weighted by Gasteiger charge is 2.45. The Morgan fingerprint density at radius 3 is 2.81 bits per heavy atom. The zero-order valence-electron chi connectivity index (χ0n) is 11.7. The van der Waals surface area contributed by atoms with E-state index in [1.54, 1.807) is 12.1 Å². The summed E-state index contributed by atoms with van der Waals surface area (Å²) >= 11 is 0. The highest BCUT2D eigenvalue weighted by Crippen LogP contribution is 2.40. The molecule has 0 heterocycles. The summed E-state index contributed by atoms with van der Waals surface area (Å²) in [6.07, 6.45) is 1.15. The lowest BCUT2D eigenvalue weighted by Crippen LogP contribution is -2.41. The van der Waals surface area contributed by atoms with Crippen LogP contribution in [-0.4, -0.2) is 11.1 Å². The minimum atomic E-state index is -1.19. The smallest absolute Gasteiger partial charge is 0.334 e. The molecule has 1 aliphatic rings. The van der Waals surface area contributed by atoms with Gasteiger partial charge in [0.2, 0.25) is 0 Å². The average molecular weight is 285 g/mol. The highest BCUT2D eigenvalue weighted by molar-refractivity contribution is 5.86. The van der Waals surface area contributed by atoms with E-state index >= 15 is 0 Å². The van der Waals surface area contributed by atoms with Crippen molar-refractivity contribution >= 4 is 11.7 Å². The molecule has 3 nitrogen and oxygen atoms in total. The molecule has 2 aromatic rings. The van der Waals surface area contributed by atoms with Crippen LogP contribution >= 0.6 is 0 Å². The first kappa shape index (κ1) is 13.6. The monoisotopic (exact) mass is 285 g/mol. The summed E-state index contributed by atoms with van der Waals surface area (Å²) in [4.78, 5) is 11.9. The summed E-state index contributed by atoms with van der Waals surface area (Å²) < 4.78 is 13.3. The molecule has 0 bridgehead atoms. The predicted octanol–water partition coefficient (Wildman–Crippen LogP) is 3.47. The number of aliphatic carboxylic acids is 1. The van der Waals surface area contributed by atoms with Crippen molar-refractivity contribution in [1.29, 1.82) is 0 Å². The van der Waals surface area contributed by atoms with Crippen molar-refractivity contribution in [3.05, 3.63) is 65.0 Å². The van der Waals surface area contributed by atoms with E-state index in [0.717, 1.165) is 16.7 Å². The molecule has 0 amide bonds. The van der Waals surface area contributed by atoms with Gasteiger partial charge in [-0.25, -0.2) is 9.18 Å². The summed E-state index contributed by atoms with van der Waals surface area (Å²) in [5.41, 5.74) is 2.12. The first-order valence-corrected chi connectivity index (χ1v) is 6.88. The predicted molar refractivity (Wildman–Crippen MR) is 78.8 cm³/mol. The number of rotatable bonds is 3. The second kappa shape index (κ2) is 4.88. The number of nitrogens with one attached hydrogen (secondary N) is 1. The Labute approximate surface area is 122 Å². The number of carbonyl (C=O) groups is 1. The molecular weight excluding hydrogens is 269 g/mol. The van der Waals surface area contributed by atoms with Crippen LogP contribution in [0.5, 0.6) is 0 Å². The fourth-order valence-electron chi connectivity index (χ4n) is 2.98. The van der Waals surface area contributed by atoms with Crippen molar-refractivity contribution in [1.82, 2.24) is 0 Å². The Hall–Kier alpha value is -2.36. The minimum absolute atomic E-state index is 0.386. The fourth-order valence-corrected chi connectivity index (χ4v) is 2.98. The number of hydrogen-bond donors (Lipinski definition) is 2. The molecule has 3 rings (SSSR count). The molecule has 0 saturated carbocycles. The van der Waals surface area contributed by atoms with Crippen molar-refractivity contribution in [2.75, 3.05) is 5.32 Å². The van der Waals surface area contributed by atoms with Gasteiger partial charge >= 0.3 is 5.97 Å². The highest BCUT2D eigenvalue weighted by atomic mass is 19.1. The maximum absolute atomic E-state index is 13.3. The first-order valence-electron chi connectivity index (χ1n) is 6.88. The van der Waals surface area contributed by atoms with Crippen molar-refractivity contribution in [2.45, 2.75) is 25.3 Å². The van der Waals surface area contributed by atoms with Crippen LogP contribution < -0.4 is 5.32 Å². The molecule has 0 fully saturated rings. The largest absolute Gasteiger partial charge is 0.479 e. The molecule has 1 unspecified atom stereocenters. The second-order valence-electron chi connectivity index (χ2n) is 5.51. The maximum Gasteiger partial charge on any atom is 0.334 e. The summed E-state index contributed by atoms with van der Waals surface area (Å²) in [6.45, 7) is 1.94. The van der Waals surface area contributed by atoms with Crippen LogP contribution in [0.25, 0.3) is 0 Å². The lowest BCUT2D eigenvalue weighted by atomic mass is 9.90. The number of halogens is 1. The fraction of sp³-hybridized carbons (Fsp3) is 0.235. The molecule has 2 N–H and O–H groups in total. The zero-order valence-corrected chi connectivity index (χ0v) is 11.7. The minimum Gasteiger partial charge on any atom is -0.479 e. The van der Waals surface area contributed by atoms with Crippen molar-refractivity contribution in [3.8, 4) is 0 Å². The molecule has 2 aromatic carbocycles. The number of hydrogen-bond acceptors (Lipinski definition) is 2. The van der Waals surface area contributed by atoms with Gasteiger partial charge in [0.1, 0.15) is 5.82 Å². The van der Waals surface area contributed by atoms with Gasteiger partial charge < -0.3 is 10.4 Å². The molecule has 4 heteroatoms. The van der Waals surface area contributed by atoms with E-state index in [1.807, 2.05) is 25.1 Å². The Bertz CT molecular complexity index is 714. The SMILES string of the molecule is Cc1ccc2c(c1)C(Nc1cccc(F)c1)(C(=O)O)CC2. The molecule has 0 aromatic heterocycles. The van der Waals surface area contributed by atoms with E-state index in [9.17, 15) is 14.3 Å². The normalized spacial score (nSPS) is 20.1. The number of carboxylic acids is 1. The Morgan fingerprint density at radius 2 is 2.10 bits per heavy atom. The Balaban J connectivity index is 2.08. The van der Waals surface area contributed by atoms with Crippen LogP contribution in [0.4, 0.5) is 10.1 Å². The van der Waals surface area contributed by atoms with Crippen LogP contribution in [-0.2, 0) is 16.8 Å². The average Bonchev–Trinajstić information content (AvgIpc) is 2.78. The van der Waals surface area contributed by atoms with Crippen LogP contribution in [0, 0.1) is 12.7 Å². The van der Waals surface area contributed by atoms with Gasteiger partial charge in [-0.1, -0.05) is 29.8 Å². The van der Waals surface area contributed by atoms with Gasteiger partial charge in [0.05, 0.1) is 0 Å². The third-order valence-electron chi connectivity index (χ3n) is 4.04. The molecule has 0 radical (unpaired) electrons. The molecule has 0 saturated heterocycles. The zero-order chi connectivity index (χ0) is 15.0. The van der Waals surface area contributed by atoms with E-state index in [-0.39, 0.29) is 5.82 Å². The molecule has 1 aliphatic carbocycles. The first-order chi connectivity index (χ1) is 10.0. The summed E-state index contributed by atoms with van der Waals surface area (Å²) in [5.74, 6) is -1.32. The number of fused-ring (bicyclic) bond motifs is 1. The number of benzene rings is 2. The molecule has 21 heavy (non-hydrogen) atoms. The van der Waals surface area contributed by atoms with Crippen LogP contribution in [0.3, 0.4) is 0 Å². The van der Waals surface area contributed by atoms with Gasteiger partial charge in [0.25, 0.3) is 0 Å². The van der Waals surface area contributed by atoms with E-state index in [4.69, 9.17) is 0 Å². The molecule has 108 valence electrons. The topological polar surface area (TPSA) is 49.3 Å². The Kier molecular flexibility index (Phi) is 3.16. The quantitative estimate of drug-likeness (QED) is 0.907. The van der Waals surface area contributed by atoms with Gasteiger partial charge in [-0.3, -0.25) is 0 Å². The number of aryl methyl sites for hydroxylation is 2. The van der Waals surface area contributed by atoms with E-state index in [2.05, 4.69) is 5.32 Å². The summed E-state index contributed by atoms with van der Waals surface area (Å²) in [5, 5.41) is 12.8. The third kappa shape index (κ3) is 2.27. The molecular formula is C17H16FNO2. The molecule has 0 spiro atoms. The van der Waals surface area contributed by atoms with E-state index < -0.39 is 11.5 Å². The second-order valence-corrected chi connectivity index (χ2v) is 5.51. The van der Waals surface area contributed by atoms with Crippen molar-refractivity contribution in [2.24, 2.45) is 0 Å². The van der Waals surface area contributed by atoms with Crippen molar-refractivity contribution in [3.63, 3.8) is 0 Å². The Morgan fingerprint density at radius 1 is 1.29 bits per heavy atom. The third-order valence-corrected chi connectivity index (χ3v) is 4.04. The molecule has 0 aliphatic heterocycles. The van der Waals surface area contributed by atoms with Crippen molar-refractivity contribution < 1.29 is 14.3 Å².